The Hall–Kier alpha value is -2.33. The van der Waals surface area contributed by atoms with Crippen molar-refractivity contribution in [3.8, 4) is 0 Å². The molecule has 0 bridgehead atoms. The predicted octanol–water partition coefficient (Wildman–Crippen LogP) is 3.09. The van der Waals surface area contributed by atoms with Gasteiger partial charge in [-0.25, -0.2) is 0 Å². The van der Waals surface area contributed by atoms with Gasteiger partial charge in [0.25, 0.3) is 5.91 Å². The fourth-order valence-electron chi connectivity index (χ4n) is 2.32. The van der Waals surface area contributed by atoms with E-state index in [0.717, 1.165) is 11.3 Å². The van der Waals surface area contributed by atoms with Crippen LogP contribution in [0.25, 0.3) is 0 Å². The first kappa shape index (κ1) is 17.0. The van der Waals surface area contributed by atoms with Gasteiger partial charge in [-0.1, -0.05) is 30.3 Å². The number of carbonyl (C=O) groups is 1. The Kier molecular flexibility index (Phi) is 6.18. The normalized spacial score (nSPS) is 11.8. The van der Waals surface area contributed by atoms with Crippen LogP contribution in [-0.4, -0.2) is 32.7 Å². The Morgan fingerprint density at radius 3 is 2.39 bits per heavy atom. The summed E-state index contributed by atoms with van der Waals surface area (Å²) in [5.74, 6) is -0.0534. The topological polar surface area (TPSA) is 41.6 Å². The molecule has 122 valence electrons. The van der Waals surface area contributed by atoms with Gasteiger partial charge >= 0.3 is 0 Å². The van der Waals surface area contributed by atoms with Crippen molar-refractivity contribution >= 4 is 11.6 Å². The SMILES string of the molecule is COCc1ccc(C(=O)NC[C@@H](C)N(C)c2ccccc2)cc1. The predicted molar refractivity (Wildman–Crippen MR) is 93.8 cm³/mol. The number of rotatable bonds is 7. The van der Waals surface area contributed by atoms with E-state index < -0.39 is 0 Å². The first-order chi connectivity index (χ1) is 11.1. The molecule has 0 aliphatic rings. The van der Waals surface area contributed by atoms with Crippen molar-refractivity contribution in [2.75, 3.05) is 25.6 Å². The third-order valence-corrected chi connectivity index (χ3v) is 3.91. The first-order valence-corrected chi connectivity index (χ1v) is 7.75. The minimum atomic E-state index is -0.0534. The molecule has 0 heterocycles. The van der Waals surface area contributed by atoms with Crippen LogP contribution in [0.1, 0.15) is 22.8 Å². The summed E-state index contributed by atoms with van der Waals surface area (Å²) in [5.41, 5.74) is 2.86. The van der Waals surface area contributed by atoms with Crippen LogP contribution in [0.3, 0.4) is 0 Å². The molecule has 0 radical (unpaired) electrons. The lowest BCUT2D eigenvalue weighted by atomic mass is 10.1. The first-order valence-electron chi connectivity index (χ1n) is 7.75. The summed E-state index contributed by atoms with van der Waals surface area (Å²) in [5, 5.41) is 2.99. The van der Waals surface area contributed by atoms with E-state index in [9.17, 15) is 4.79 Å². The van der Waals surface area contributed by atoms with E-state index in [0.29, 0.717) is 18.7 Å². The van der Waals surface area contributed by atoms with Gasteiger partial charge in [0.05, 0.1) is 6.61 Å². The van der Waals surface area contributed by atoms with Crippen LogP contribution in [-0.2, 0) is 11.3 Å². The molecule has 23 heavy (non-hydrogen) atoms. The van der Waals surface area contributed by atoms with Gasteiger partial charge in [-0.15, -0.1) is 0 Å². The average Bonchev–Trinajstić information content (AvgIpc) is 2.60. The summed E-state index contributed by atoms with van der Waals surface area (Å²) >= 11 is 0. The van der Waals surface area contributed by atoms with Crippen LogP contribution < -0.4 is 10.2 Å². The molecule has 1 atom stereocenters. The zero-order chi connectivity index (χ0) is 16.7. The van der Waals surface area contributed by atoms with Crippen molar-refractivity contribution in [1.29, 1.82) is 0 Å². The van der Waals surface area contributed by atoms with Gasteiger partial charge in [-0.2, -0.15) is 0 Å². The van der Waals surface area contributed by atoms with Crippen molar-refractivity contribution in [3.63, 3.8) is 0 Å². The zero-order valence-electron chi connectivity index (χ0n) is 14.0. The molecule has 0 aromatic heterocycles. The van der Waals surface area contributed by atoms with Gasteiger partial charge in [-0.05, 0) is 36.8 Å². The summed E-state index contributed by atoms with van der Waals surface area (Å²) in [6.45, 7) is 3.24. The molecule has 2 rings (SSSR count). The van der Waals surface area contributed by atoms with E-state index in [1.807, 2.05) is 49.5 Å². The Balaban J connectivity index is 1.88. The number of amides is 1. The van der Waals surface area contributed by atoms with Crippen LogP contribution in [0.5, 0.6) is 0 Å². The van der Waals surface area contributed by atoms with Crippen molar-refractivity contribution in [1.82, 2.24) is 5.32 Å². The molecule has 0 unspecified atom stereocenters. The molecule has 4 nitrogen and oxygen atoms in total. The molecule has 1 amide bonds. The summed E-state index contributed by atoms with van der Waals surface area (Å²) < 4.78 is 5.07. The quantitative estimate of drug-likeness (QED) is 0.854. The Labute approximate surface area is 138 Å². The van der Waals surface area contributed by atoms with Gasteiger partial charge in [0, 0.05) is 38.0 Å². The molecule has 0 aliphatic carbocycles. The highest BCUT2D eigenvalue weighted by Gasteiger charge is 2.12. The van der Waals surface area contributed by atoms with Crippen molar-refractivity contribution in [3.05, 3.63) is 65.7 Å². The zero-order valence-corrected chi connectivity index (χ0v) is 14.0. The Morgan fingerprint density at radius 2 is 1.78 bits per heavy atom. The number of nitrogens with one attached hydrogen (secondary N) is 1. The summed E-state index contributed by atoms with van der Waals surface area (Å²) in [6.07, 6.45) is 0. The maximum absolute atomic E-state index is 12.2. The van der Waals surface area contributed by atoms with Crippen LogP contribution in [0, 0.1) is 0 Å². The van der Waals surface area contributed by atoms with Crippen molar-refractivity contribution < 1.29 is 9.53 Å². The summed E-state index contributed by atoms with van der Waals surface area (Å²) in [6, 6.07) is 17.8. The van der Waals surface area contributed by atoms with Crippen LogP contribution in [0.15, 0.2) is 54.6 Å². The molecule has 0 fully saturated rings. The van der Waals surface area contributed by atoms with E-state index in [-0.39, 0.29) is 11.9 Å². The molecule has 1 N–H and O–H groups in total. The molecule has 0 saturated heterocycles. The number of anilines is 1. The third-order valence-electron chi connectivity index (χ3n) is 3.91. The molecular formula is C19H24N2O2. The van der Waals surface area contributed by atoms with Gasteiger partial charge < -0.3 is 15.0 Å². The molecule has 4 heteroatoms. The monoisotopic (exact) mass is 312 g/mol. The number of methoxy groups -OCH3 is 1. The number of para-hydroxylation sites is 1. The lowest BCUT2D eigenvalue weighted by molar-refractivity contribution is 0.0951. The second-order valence-electron chi connectivity index (χ2n) is 5.64. The molecule has 0 saturated carbocycles. The number of hydrogen-bond acceptors (Lipinski definition) is 3. The molecule has 2 aromatic rings. The van der Waals surface area contributed by atoms with E-state index in [1.165, 1.54) is 0 Å². The Morgan fingerprint density at radius 1 is 1.13 bits per heavy atom. The van der Waals surface area contributed by atoms with E-state index in [4.69, 9.17) is 4.74 Å². The number of nitrogens with zero attached hydrogens (tertiary/aromatic N) is 1. The van der Waals surface area contributed by atoms with Crippen molar-refractivity contribution in [2.45, 2.75) is 19.6 Å². The molecular weight excluding hydrogens is 288 g/mol. The lowest BCUT2D eigenvalue weighted by Crippen LogP contribution is -2.40. The average molecular weight is 312 g/mol. The summed E-state index contributed by atoms with van der Waals surface area (Å²) in [7, 11) is 3.69. The van der Waals surface area contributed by atoms with Gasteiger partial charge in [0.15, 0.2) is 0 Å². The van der Waals surface area contributed by atoms with Crippen molar-refractivity contribution in [2.24, 2.45) is 0 Å². The van der Waals surface area contributed by atoms with E-state index in [1.54, 1.807) is 7.11 Å². The van der Waals surface area contributed by atoms with Crippen LogP contribution in [0.2, 0.25) is 0 Å². The molecule has 2 aromatic carbocycles. The maximum atomic E-state index is 12.2. The number of carbonyl (C=O) groups excluding carboxylic acids is 1. The summed E-state index contributed by atoms with van der Waals surface area (Å²) in [4.78, 5) is 14.4. The van der Waals surface area contributed by atoms with Crippen LogP contribution in [0.4, 0.5) is 5.69 Å². The molecule has 0 aliphatic heterocycles. The smallest absolute Gasteiger partial charge is 0.251 e. The highest BCUT2D eigenvalue weighted by atomic mass is 16.5. The number of benzene rings is 2. The highest BCUT2D eigenvalue weighted by Crippen LogP contribution is 2.13. The Bertz CT molecular complexity index is 611. The second kappa shape index (κ2) is 8.34. The fraction of sp³-hybridized carbons (Fsp3) is 0.316. The fourth-order valence-corrected chi connectivity index (χ4v) is 2.32. The highest BCUT2D eigenvalue weighted by molar-refractivity contribution is 5.94. The van der Waals surface area contributed by atoms with E-state index >= 15 is 0 Å². The minimum Gasteiger partial charge on any atom is -0.380 e. The third kappa shape index (κ3) is 4.83. The van der Waals surface area contributed by atoms with Gasteiger partial charge in [-0.3, -0.25) is 4.79 Å². The number of likely N-dealkylation sites (N-methyl/N-ethyl adjacent to an activating group) is 1. The maximum Gasteiger partial charge on any atom is 0.251 e. The standard InChI is InChI=1S/C19H24N2O2/c1-15(21(2)18-7-5-4-6-8-18)13-20-19(22)17-11-9-16(10-12-17)14-23-3/h4-12,15H,13-14H2,1-3H3,(H,20,22)/t15-/m1/s1. The lowest BCUT2D eigenvalue weighted by Gasteiger charge is -2.27. The second-order valence-corrected chi connectivity index (χ2v) is 5.64. The van der Waals surface area contributed by atoms with Gasteiger partial charge in [0.1, 0.15) is 0 Å². The number of hydrogen-bond donors (Lipinski definition) is 1. The van der Waals surface area contributed by atoms with E-state index in [2.05, 4.69) is 29.3 Å². The number of ether oxygens (including phenoxy) is 1. The molecule has 0 spiro atoms. The van der Waals surface area contributed by atoms with Gasteiger partial charge in [0.2, 0.25) is 0 Å². The largest absolute Gasteiger partial charge is 0.380 e. The minimum absolute atomic E-state index is 0.0534. The van der Waals surface area contributed by atoms with Crippen LogP contribution >= 0.6 is 0 Å².